The summed E-state index contributed by atoms with van der Waals surface area (Å²) in [6, 6.07) is 5.82. The molecule has 0 saturated carbocycles. The van der Waals surface area contributed by atoms with Gasteiger partial charge in [-0.05, 0) is 31.0 Å². The first kappa shape index (κ1) is 13.6. The van der Waals surface area contributed by atoms with E-state index in [0.717, 1.165) is 40.9 Å². The summed E-state index contributed by atoms with van der Waals surface area (Å²) in [7, 11) is 0. The molecule has 0 aromatic heterocycles. The average Bonchev–Trinajstić information content (AvgIpc) is 2.46. The molecule has 0 bridgehead atoms. The Bertz CT molecular complexity index is 600. The van der Waals surface area contributed by atoms with Crippen LogP contribution in [0.15, 0.2) is 27.7 Å². The molecule has 0 amide bonds. The van der Waals surface area contributed by atoms with Gasteiger partial charge >= 0.3 is 0 Å². The van der Waals surface area contributed by atoms with Crippen LogP contribution in [0.2, 0.25) is 0 Å². The van der Waals surface area contributed by atoms with Crippen molar-refractivity contribution in [3.05, 3.63) is 28.2 Å². The molecule has 2 unspecified atom stereocenters. The van der Waals surface area contributed by atoms with E-state index in [1.54, 1.807) is 0 Å². The van der Waals surface area contributed by atoms with Gasteiger partial charge in [-0.1, -0.05) is 22.9 Å². The summed E-state index contributed by atoms with van der Waals surface area (Å²) in [5.74, 6) is 0.815. The molecule has 1 fully saturated rings. The fourth-order valence-electron chi connectivity index (χ4n) is 3.00. The highest BCUT2D eigenvalue weighted by Crippen LogP contribution is 2.42. The third-order valence-corrected chi connectivity index (χ3v) is 4.63. The monoisotopic (exact) mass is 334 g/mol. The summed E-state index contributed by atoms with van der Waals surface area (Å²) < 4.78 is 12.8. The van der Waals surface area contributed by atoms with E-state index in [1.807, 2.05) is 24.4 Å². The second-order valence-electron chi connectivity index (χ2n) is 5.28. The first-order chi connectivity index (χ1) is 9.66. The Hall–Kier alpha value is -1.38. The first-order valence-electron chi connectivity index (χ1n) is 6.70. The van der Waals surface area contributed by atoms with Gasteiger partial charge in [0.1, 0.15) is 11.4 Å². The Kier molecular flexibility index (Phi) is 3.53. The molecule has 104 valence electrons. The third kappa shape index (κ3) is 2.13. The lowest BCUT2D eigenvalue weighted by Crippen LogP contribution is -2.54. The fourth-order valence-corrected chi connectivity index (χ4v) is 3.37. The number of rotatable bonds is 0. The first-order valence-corrected chi connectivity index (χ1v) is 7.49. The van der Waals surface area contributed by atoms with Crippen LogP contribution < -0.4 is 4.74 Å². The van der Waals surface area contributed by atoms with E-state index >= 15 is 0 Å². The van der Waals surface area contributed by atoms with Gasteiger partial charge in [0, 0.05) is 22.6 Å². The van der Waals surface area contributed by atoms with E-state index in [9.17, 15) is 0 Å². The molecule has 5 heteroatoms. The van der Waals surface area contributed by atoms with Gasteiger partial charge < -0.3 is 9.47 Å². The van der Waals surface area contributed by atoms with E-state index in [4.69, 9.17) is 14.7 Å². The summed E-state index contributed by atoms with van der Waals surface area (Å²) in [5.41, 5.74) is 1.29. The Labute approximate surface area is 126 Å². The fraction of sp³-hybridized carbons (Fsp3) is 0.467. The van der Waals surface area contributed by atoms with Crippen LogP contribution >= 0.6 is 15.9 Å². The van der Waals surface area contributed by atoms with Gasteiger partial charge in [0.2, 0.25) is 6.19 Å². The molecule has 0 aliphatic carbocycles. The number of ether oxygens (including phenoxy) is 2. The quantitative estimate of drug-likeness (QED) is 0.684. The minimum Gasteiger partial charge on any atom is -0.483 e. The zero-order valence-corrected chi connectivity index (χ0v) is 12.8. The van der Waals surface area contributed by atoms with Crippen molar-refractivity contribution >= 4 is 21.6 Å². The maximum atomic E-state index is 9.00. The largest absolute Gasteiger partial charge is 0.483 e. The van der Waals surface area contributed by atoms with E-state index in [1.165, 1.54) is 0 Å². The molecule has 2 aliphatic rings. The highest BCUT2D eigenvalue weighted by Gasteiger charge is 2.47. The smallest absolute Gasteiger partial charge is 0.205 e. The van der Waals surface area contributed by atoms with Crippen molar-refractivity contribution in [1.82, 2.24) is 0 Å². The molecular formula is C15H15BrN2O2. The van der Waals surface area contributed by atoms with Gasteiger partial charge in [-0.25, -0.2) is 0 Å². The number of fused-ring (bicyclic) bond motifs is 1. The Balaban J connectivity index is 2.12. The van der Waals surface area contributed by atoms with Gasteiger partial charge in [0.05, 0.1) is 12.3 Å². The molecule has 2 heterocycles. The predicted octanol–water partition coefficient (Wildman–Crippen LogP) is 3.30. The molecular weight excluding hydrogens is 320 g/mol. The van der Waals surface area contributed by atoms with Crippen LogP contribution in [-0.4, -0.2) is 24.5 Å². The predicted molar refractivity (Wildman–Crippen MR) is 78.9 cm³/mol. The van der Waals surface area contributed by atoms with Crippen molar-refractivity contribution in [2.24, 2.45) is 10.9 Å². The van der Waals surface area contributed by atoms with Crippen molar-refractivity contribution in [3.63, 3.8) is 0 Å². The second-order valence-corrected chi connectivity index (χ2v) is 6.20. The van der Waals surface area contributed by atoms with Crippen LogP contribution in [0, 0.1) is 17.4 Å². The minimum absolute atomic E-state index is 0.0317. The summed E-state index contributed by atoms with van der Waals surface area (Å²) >= 11 is 3.46. The number of hydrogen-bond acceptors (Lipinski definition) is 4. The highest BCUT2D eigenvalue weighted by molar-refractivity contribution is 9.10. The Morgan fingerprint density at radius 3 is 3.05 bits per heavy atom. The molecule has 2 atom stereocenters. The van der Waals surface area contributed by atoms with Crippen LogP contribution in [0.4, 0.5) is 0 Å². The second kappa shape index (κ2) is 5.19. The van der Waals surface area contributed by atoms with Crippen LogP contribution in [0.1, 0.15) is 25.3 Å². The topological polar surface area (TPSA) is 54.6 Å². The Morgan fingerprint density at radius 2 is 2.35 bits per heavy atom. The van der Waals surface area contributed by atoms with Crippen molar-refractivity contribution in [1.29, 1.82) is 5.26 Å². The van der Waals surface area contributed by atoms with Gasteiger partial charge in [0.15, 0.2) is 0 Å². The number of nitriles is 1. The van der Waals surface area contributed by atoms with Crippen LogP contribution in [0.25, 0.3) is 0 Å². The van der Waals surface area contributed by atoms with Crippen molar-refractivity contribution in [2.45, 2.75) is 25.4 Å². The summed E-state index contributed by atoms with van der Waals surface area (Å²) in [6.07, 6.45) is 3.82. The molecule has 0 N–H and O–H groups in total. The van der Waals surface area contributed by atoms with Gasteiger partial charge in [0.25, 0.3) is 0 Å². The van der Waals surface area contributed by atoms with Gasteiger partial charge in [-0.2, -0.15) is 10.3 Å². The summed E-state index contributed by atoms with van der Waals surface area (Å²) in [4.78, 5) is 4.06. The molecule has 20 heavy (non-hydrogen) atoms. The van der Waals surface area contributed by atoms with Crippen molar-refractivity contribution in [3.8, 4) is 11.9 Å². The lowest BCUT2D eigenvalue weighted by molar-refractivity contribution is -0.0871. The lowest BCUT2D eigenvalue weighted by Gasteiger charge is -2.45. The van der Waals surface area contributed by atoms with E-state index in [2.05, 4.69) is 27.8 Å². The molecule has 0 radical (unpaired) electrons. The molecule has 3 rings (SSSR count). The van der Waals surface area contributed by atoms with Gasteiger partial charge in [-0.15, -0.1) is 0 Å². The molecule has 4 nitrogen and oxygen atoms in total. The molecule has 1 saturated heterocycles. The van der Waals surface area contributed by atoms with Crippen LogP contribution in [0.5, 0.6) is 5.75 Å². The Morgan fingerprint density at radius 1 is 1.50 bits per heavy atom. The summed E-state index contributed by atoms with van der Waals surface area (Å²) in [5, 5.41) is 9.00. The highest BCUT2D eigenvalue weighted by atomic mass is 79.9. The maximum Gasteiger partial charge on any atom is 0.205 e. The number of halogens is 1. The zero-order chi connectivity index (χ0) is 14.2. The molecule has 2 aliphatic heterocycles. The number of aliphatic imine (C=N–C) groups is 1. The standard InChI is InChI=1S/C15H15BrN2O2/c1-10-14(18-9-17)12-7-11(16)3-4-13(12)20-15(10)5-2-6-19-8-15/h3-4,7,10H,2,5-6,8H2,1H3/b18-14+. The van der Waals surface area contributed by atoms with Gasteiger partial charge in [-0.3, -0.25) is 0 Å². The number of benzene rings is 1. The van der Waals surface area contributed by atoms with E-state index in [-0.39, 0.29) is 5.92 Å². The number of hydrogen-bond donors (Lipinski definition) is 0. The van der Waals surface area contributed by atoms with E-state index in [0.29, 0.717) is 6.61 Å². The minimum atomic E-state index is -0.394. The third-order valence-electron chi connectivity index (χ3n) is 4.14. The van der Waals surface area contributed by atoms with Crippen LogP contribution in [0.3, 0.4) is 0 Å². The zero-order valence-electron chi connectivity index (χ0n) is 11.2. The van der Waals surface area contributed by atoms with Crippen LogP contribution in [-0.2, 0) is 4.74 Å². The maximum absolute atomic E-state index is 9.00. The molecule has 1 aromatic rings. The van der Waals surface area contributed by atoms with E-state index < -0.39 is 5.60 Å². The van der Waals surface area contributed by atoms with Crippen molar-refractivity contribution < 1.29 is 9.47 Å². The SMILES string of the molecule is CC1/C(=N\C#N)c2cc(Br)ccc2OC12CCCOC2. The lowest BCUT2D eigenvalue weighted by atomic mass is 9.76. The molecule has 1 aromatic carbocycles. The summed E-state index contributed by atoms with van der Waals surface area (Å²) in [6.45, 7) is 3.39. The normalized spacial score (nSPS) is 30.6. The average molecular weight is 335 g/mol. The number of nitrogens with zero attached hydrogens (tertiary/aromatic N) is 2. The van der Waals surface area contributed by atoms with Crippen molar-refractivity contribution in [2.75, 3.05) is 13.2 Å². The molecule has 1 spiro atoms.